The zero-order chi connectivity index (χ0) is 11.4. The third kappa shape index (κ3) is 2.50. The topological polar surface area (TPSA) is 67.6 Å². The molecule has 1 aromatic rings. The van der Waals surface area contributed by atoms with E-state index in [-0.39, 0.29) is 0 Å². The molecular formula is C11H18N4. The summed E-state index contributed by atoms with van der Waals surface area (Å²) in [4.78, 5) is 4.25. The van der Waals surface area contributed by atoms with Crippen LogP contribution in [0.1, 0.15) is 38.7 Å². The van der Waals surface area contributed by atoms with Crippen molar-refractivity contribution in [2.24, 2.45) is 5.92 Å². The number of aromatic nitrogens is 2. The average molecular weight is 206 g/mol. The third-order valence-electron chi connectivity index (χ3n) is 2.21. The molecule has 0 aliphatic carbocycles. The van der Waals surface area contributed by atoms with Crippen molar-refractivity contribution in [2.45, 2.75) is 40.2 Å². The number of aryl methyl sites for hydroxylation is 1. The van der Waals surface area contributed by atoms with Crippen LogP contribution in [0.15, 0.2) is 0 Å². The van der Waals surface area contributed by atoms with E-state index in [1.807, 2.05) is 10.6 Å². The van der Waals surface area contributed by atoms with Gasteiger partial charge in [-0.15, -0.1) is 0 Å². The van der Waals surface area contributed by atoms with Crippen LogP contribution in [0.3, 0.4) is 0 Å². The molecule has 0 aromatic carbocycles. The molecule has 0 bridgehead atoms. The Bertz CT molecular complexity index is 371. The maximum Gasteiger partial charge on any atom is 0.182 e. The molecule has 1 aromatic heterocycles. The summed E-state index contributed by atoms with van der Waals surface area (Å²) >= 11 is 0. The molecule has 1 heterocycles. The lowest BCUT2D eigenvalue weighted by atomic mass is 10.2. The monoisotopic (exact) mass is 206 g/mol. The van der Waals surface area contributed by atoms with Gasteiger partial charge in [-0.25, -0.2) is 4.98 Å². The molecule has 0 saturated carbocycles. The fraction of sp³-hybridized carbons (Fsp3) is 0.636. The standard InChI is InChI=1S/C11H18N4/c1-4-5-10-14-9(6-12)11(13)15(10)7-8(2)3/h8H,4-5,7,13H2,1-3H3. The Morgan fingerprint density at radius 3 is 2.67 bits per heavy atom. The number of hydrogen-bond donors (Lipinski definition) is 1. The van der Waals surface area contributed by atoms with Crippen LogP contribution in [0.4, 0.5) is 5.82 Å². The van der Waals surface area contributed by atoms with E-state index in [4.69, 9.17) is 11.0 Å². The molecule has 0 unspecified atom stereocenters. The van der Waals surface area contributed by atoms with Gasteiger partial charge in [0.15, 0.2) is 5.69 Å². The van der Waals surface area contributed by atoms with Crippen molar-refractivity contribution in [3.05, 3.63) is 11.5 Å². The number of rotatable bonds is 4. The van der Waals surface area contributed by atoms with Crippen molar-refractivity contribution >= 4 is 5.82 Å². The molecular weight excluding hydrogens is 188 g/mol. The largest absolute Gasteiger partial charge is 0.383 e. The summed E-state index contributed by atoms with van der Waals surface area (Å²) in [6.07, 6.45) is 1.89. The highest BCUT2D eigenvalue weighted by atomic mass is 15.1. The smallest absolute Gasteiger partial charge is 0.182 e. The van der Waals surface area contributed by atoms with E-state index in [0.29, 0.717) is 17.4 Å². The molecule has 0 atom stereocenters. The van der Waals surface area contributed by atoms with Crippen molar-refractivity contribution < 1.29 is 0 Å². The van der Waals surface area contributed by atoms with Crippen molar-refractivity contribution in [1.82, 2.24) is 9.55 Å². The molecule has 0 aliphatic heterocycles. The van der Waals surface area contributed by atoms with Gasteiger partial charge in [-0.2, -0.15) is 5.26 Å². The lowest BCUT2D eigenvalue weighted by Crippen LogP contribution is -2.11. The third-order valence-corrected chi connectivity index (χ3v) is 2.21. The fourth-order valence-corrected chi connectivity index (χ4v) is 1.58. The first kappa shape index (κ1) is 11.6. The molecule has 1 rings (SSSR count). The van der Waals surface area contributed by atoms with Gasteiger partial charge in [0.05, 0.1) is 0 Å². The maximum atomic E-state index is 8.85. The average Bonchev–Trinajstić information content (AvgIpc) is 2.46. The first-order valence-electron chi connectivity index (χ1n) is 5.35. The first-order valence-corrected chi connectivity index (χ1v) is 5.35. The van der Waals surface area contributed by atoms with Gasteiger partial charge >= 0.3 is 0 Å². The van der Waals surface area contributed by atoms with Crippen molar-refractivity contribution in [3.63, 3.8) is 0 Å². The normalized spacial score (nSPS) is 10.6. The van der Waals surface area contributed by atoms with Gasteiger partial charge in [0.1, 0.15) is 17.7 Å². The number of nitrogens with two attached hydrogens (primary N) is 1. The van der Waals surface area contributed by atoms with E-state index in [9.17, 15) is 0 Å². The van der Waals surface area contributed by atoms with Crippen LogP contribution in [0, 0.1) is 17.2 Å². The van der Waals surface area contributed by atoms with Crippen LogP contribution >= 0.6 is 0 Å². The fourth-order valence-electron chi connectivity index (χ4n) is 1.58. The van der Waals surface area contributed by atoms with Crippen molar-refractivity contribution in [2.75, 3.05) is 5.73 Å². The van der Waals surface area contributed by atoms with Crippen LogP contribution in [-0.4, -0.2) is 9.55 Å². The maximum absolute atomic E-state index is 8.85. The highest BCUT2D eigenvalue weighted by Gasteiger charge is 2.14. The Balaban J connectivity index is 3.08. The Morgan fingerprint density at radius 1 is 1.53 bits per heavy atom. The van der Waals surface area contributed by atoms with Gasteiger partial charge < -0.3 is 10.3 Å². The molecule has 4 nitrogen and oxygen atoms in total. The van der Waals surface area contributed by atoms with E-state index >= 15 is 0 Å². The number of nitrogen functional groups attached to an aromatic ring is 1. The van der Waals surface area contributed by atoms with Gasteiger partial charge in [-0.1, -0.05) is 20.8 Å². The summed E-state index contributed by atoms with van der Waals surface area (Å²) in [5.74, 6) is 1.94. The predicted molar refractivity (Wildman–Crippen MR) is 60.2 cm³/mol. The quantitative estimate of drug-likeness (QED) is 0.818. The van der Waals surface area contributed by atoms with Crippen molar-refractivity contribution in [1.29, 1.82) is 5.26 Å². The summed E-state index contributed by atoms with van der Waals surface area (Å²) in [5, 5.41) is 8.85. The lowest BCUT2D eigenvalue weighted by molar-refractivity contribution is 0.510. The van der Waals surface area contributed by atoms with Crippen molar-refractivity contribution in [3.8, 4) is 6.07 Å². The van der Waals surface area contributed by atoms with E-state index < -0.39 is 0 Å². The second kappa shape index (κ2) is 4.83. The molecule has 0 amide bonds. The number of anilines is 1. The van der Waals surface area contributed by atoms with Crippen LogP contribution < -0.4 is 5.73 Å². The zero-order valence-electron chi connectivity index (χ0n) is 9.62. The zero-order valence-corrected chi connectivity index (χ0v) is 9.62. The Labute approximate surface area is 90.7 Å². The molecule has 0 spiro atoms. The molecule has 0 fully saturated rings. The minimum absolute atomic E-state index is 0.360. The first-order chi connectivity index (χ1) is 7.10. The van der Waals surface area contributed by atoms with Crippen LogP contribution in [-0.2, 0) is 13.0 Å². The molecule has 82 valence electrons. The summed E-state index contributed by atoms with van der Waals surface area (Å²) in [5.41, 5.74) is 6.23. The van der Waals surface area contributed by atoms with Gasteiger partial charge in [0, 0.05) is 13.0 Å². The minimum Gasteiger partial charge on any atom is -0.383 e. The molecule has 0 aliphatic rings. The van der Waals surface area contributed by atoms with Gasteiger partial charge in [0.25, 0.3) is 0 Å². The van der Waals surface area contributed by atoms with E-state index in [2.05, 4.69) is 25.8 Å². The molecule has 0 radical (unpaired) electrons. The summed E-state index contributed by atoms with van der Waals surface area (Å²) in [6.45, 7) is 7.18. The minimum atomic E-state index is 0.360. The number of hydrogen-bond acceptors (Lipinski definition) is 3. The lowest BCUT2D eigenvalue weighted by Gasteiger charge is -2.11. The predicted octanol–water partition coefficient (Wildman–Crippen LogP) is 1.95. The Hall–Kier alpha value is -1.50. The molecule has 4 heteroatoms. The summed E-state index contributed by atoms with van der Waals surface area (Å²) < 4.78 is 1.96. The second-order valence-corrected chi connectivity index (χ2v) is 4.13. The van der Waals surface area contributed by atoms with Gasteiger partial charge in [0.2, 0.25) is 0 Å². The molecule has 15 heavy (non-hydrogen) atoms. The highest BCUT2D eigenvalue weighted by molar-refractivity contribution is 5.46. The SMILES string of the molecule is CCCc1nc(C#N)c(N)n1CC(C)C. The number of nitrogens with zero attached hydrogens (tertiary/aromatic N) is 3. The van der Waals surface area contributed by atoms with Gasteiger partial charge in [-0.05, 0) is 12.3 Å². The number of nitriles is 1. The van der Waals surface area contributed by atoms with Gasteiger partial charge in [-0.3, -0.25) is 0 Å². The Morgan fingerprint density at radius 2 is 2.20 bits per heavy atom. The van der Waals surface area contributed by atoms with E-state index in [1.54, 1.807) is 0 Å². The van der Waals surface area contributed by atoms with Crippen LogP contribution in [0.5, 0.6) is 0 Å². The van der Waals surface area contributed by atoms with Crippen LogP contribution in [0.2, 0.25) is 0 Å². The second-order valence-electron chi connectivity index (χ2n) is 4.13. The molecule has 2 N–H and O–H groups in total. The van der Waals surface area contributed by atoms with Crippen LogP contribution in [0.25, 0.3) is 0 Å². The Kier molecular flexibility index (Phi) is 3.73. The highest BCUT2D eigenvalue weighted by Crippen LogP contribution is 2.17. The van der Waals surface area contributed by atoms with E-state index in [0.717, 1.165) is 25.2 Å². The number of imidazole rings is 1. The summed E-state index contributed by atoms with van der Waals surface area (Å²) in [7, 11) is 0. The molecule has 0 saturated heterocycles. The summed E-state index contributed by atoms with van der Waals surface area (Å²) in [6, 6.07) is 2.03. The van der Waals surface area contributed by atoms with E-state index in [1.165, 1.54) is 0 Å².